The summed E-state index contributed by atoms with van der Waals surface area (Å²) in [5.74, 6) is -3.54. The molecule has 0 aliphatic rings. The number of aliphatic hydroxyl groups excluding tert-OH is 2. The monoisotopic (exact) mass is 236 g/mol. The van der Waals surface area contributed by atoms with Crippen LogP contribution in [0, 0.1) is 0 Å². The zero-order valence-corrected chi connectivity index (χ0v) is 4.76. The Bertz CT molecular complexity index is 139. The molecule has 2 unspecified atom stereocenters. The second-order valence-electron chi connectivity index (χ2n) is 1.57. The summed E-state index contributed by atoms with van der Waals surface area (Å²) in [7, 11) is 0. The van der Waals surface area contributed by atoms with Gasteiger partial charge in [0.2, 0.25) is 0 Å². The maximum absolute atomic E-state index is 9.77. The van der Waals surface area contributed by atoms with Crippen molar-refractivity contribution in [3.8, 4) is 0 Å². The summed E-state index contributed by atoms with van der Waals surface area (Å²) < 4.78 is 0. The predicted molar refractivity (Wildman–Crippen MR) is 34.4 cm³/mol. The maximum atomic E-state index is 9.77. The van der Waals surface area contributed by atoms with E-state index >= 15 is 0 Å². The third-order valence-corrected chi connectivity index (χ3v) is 0.805. The number of rotatable bonds is 3. The molecule has 0 radical (unpaired) electrons. The molecule has 0 aromatic heterocycles. The van der Waals surface area contributed by atoms with Crippen molar-refractivity contribution in [3.63, 3.8) is 0 Å². The van der Waals surface area contributed by atoms with E-state index in [1.165, 1.54) is 0 Å². The van der Waals surface area contributed by atoms with Gasteiger partial charge >= 0.3 is 70.1 Å². The quantitative estimate of drug-likeness (QED) is 0.422. The fraction of sp³-hybridized carbons (Fsp3) is 0.500. The van der Waals surface area contributed by atoms with E-state index in [9.17, 15) is 9.59 Å². The summed E-state index contributed by atoms with van der Waals surface area (Å²) in [4.78, 5) is 19.5. The molecule has 0 fully saturated rings. The van der Waals surface area contributed by atoms with Crippen LogP contribution in [-0.4, -0.2) is 103 Å². The molecule has 0 aliphatic heterocycles. The minimum atomic E-state index is -2.27. The number of hydrogen-bond donors (Lipinski definition) is 4. The van der Waals surface area contributed by atoms with Crippen molar-refractivity contribution in [2.45, 2.75) is 12.2 Å². The molecule has 0 aromatic carbocycles. The van der Waals surface area contributed by atoms with Crippen LogP contribution in [0.25, 0.3) is 0 Å². The Morgan fingerprint density at radius 3 is 1.18 bits per heavy atom. The van der Waals surface area contributed by atoms with Crippen LogP contribution in [0.3, 0.4) is 0 Å². The van der Waals surface area contributed by atoms with Gasteiger partial charge < -0.3 is 20.4 Å². The molecule has 6 nitrogen and oxygen atoms in total. The van der Waals surface area contributed by atoms with Gasteiger partial charge in [0.25, 0.3) is 0 Å². The molecular formula is C4H7O6Rb. The molecule has 11 heavy (non-hydrogen) atoms. The third-order valence-electron chi connectivity index (χ3n) is 0.805. The number of aliphatic carboxylic acids is 2. The number of aliphatic hydroxyl groups is 2. The zero-order valence-electron chi connectivity index (χ0n) is 4.76. The summed E-state index contributed by atoms with van der Waals surface area (Å²) in [5, 5.41) is 32.5. The standard InChI is InChI=1S/C4H6O6.Rb.H/c5-1(3(7)8)2(6)4(9)10;;/h1-2,5-6H,(H,7,8)(H,9,10);;. The molecule has 2 atom stereocenters. The van der Waals surface area contributed by atoms with Gasteiger partial charge in [-0.15, -0.1) is 0 Å². The Balaban J connectivity index is 0. The summed E-state index contributed by atoms with van der Waals surface area (Å²) in [6, 6.07) is 0. The summed E-state index contributed by atoms with van der Waals surface area (Å²) in [5.41, 5.74) is 0. The second-order valence-corrected chi connectivity index (χ2v) is 1.57. The van der Waals surface area contributed by atoms with Crippen LogP contribution in [0.15, 0.2) is 0 Å². The molecule has 0 saturated heterocycles. The first-order valence-electron chi connectivity index (χ1n) is 2.28. The average Bonchev–Trinajstić information content (AvgIpc) is 1.84. The van der Waals surface area contributed by atoms with Gasteiger partial charge in [-0.25, -0.2) is 9.59 Å². The topological polar surface area (TPSA) is 115 Å². The third kappa shape index (κ3) is 4.99. The fourth-order valence-corrected chi connectivity index (χ4v) is 0.270. The van der Waals surface area contributed by atoms with Crippen LogP contribution >= 0.6 is 0 Å². The molecule has 7 heteroatoms. The molecule has 0 rings (SSSR count). The summed E-state index contributed by atoms with van der Waals surface area (Å²) in [6.07, 6.45) is -4.53. The first-order valence-corrected chi connectivity index (χ1v) is 2.28. The number of hydrogen-bond acceptors (Lipinski definition) is 4. The van der Waals surface area contributed by atoms with Crippen molar-refractivity contribution in [2.75, 3.05) is 0 Å². The first kappa shape index (κ1) is 14.2. The van der Waals surface area contributed by atoms with Gasteiger partial charge in [0.15, 0.2) is 12.2 Å². The van der Waals surface area contributed by atoms with Crippen LogP contribution in [-0.2, 0) is 9.59 Å². The normalized spacial score (nSPS) is 14.4. The predicted octanol–water partition coefficient (Wildman–Crippen LogP) is -2.77. The first-order chi connectivity index (χ1) is 4.46. The molecule has 0 saturated carbocycles. The van der Waals surface area contributed by atoms with Crippen LogP contribution < -0.4 is 0 Å². The van der Waals surface area contributed by atoms with Crippen molar-refractivity contribution < 1.29 is 30.0 Å². The van der Waals surface area contributed by atoms with Crippen molar-refractivity contribution >= 4 is 70.1 Å². The van der Waals surface area contributed by atoms with Crippen LogP contribution in [0.2, 0.25) is 0 Å². The molecule has 4 N–H and O–H groups in total. The van der Waals surface area contributed by atoms with Crippen LogP contribution in [0.1, 0.15) is 0 Å². The molecular weight excluding hydrogens is 230 g/mol. The molecule has 0 amide bonds. The number of carboxylic acids is 2. The van der Waals surface area contributed by atoms with Gasteiger partial charge in [-0.1, -0.05) is 0 Å². The van der Waals surface area contributed by atoms with E-state index in [1.807, 2.05) is 0 Å². The van der Waals surface area contributed by atoms with E-state index in [0.29, 0.717) is 0 Å². The van der Waals surface area contributed by atoms with Crippen molar-refractivity contribution in [3.05, 3.63) is 0 Å². The second kappa shape index (κ2) is 6.21. The van der Waals surface area contributed by atoms with Gasteiger partial charge in [-0.05, 0) is 0 Å². The molecule has 0 heterocycles. The van der Waals surface area contributed by atoms with E-state index in [1.54, 1.807) is 0 Å². The SMILES string of the molecule is O=C(O)C(O)C(O)C(=O)O.[RbH]. The van der Waals surface area contributed by atoms with Gasteiger partial charge in [-0.3, -0.25) is 0 Å². The Morgan fingerprint density at radius 1 is 0.909 bits per heavy atom. The van der Waals surface area contributed by atoms with Gasteiger partial charge in [0.1, 0.15) is 0 Å². The molecule has 0 aliphatic carbocycles. The summed E-state index contributed by atoms with van der Waals surface area (Å²) >= 11 is 0. The molecule has 0 spiro atoms. The fourth-order valence-electron chi connectivity index (χ4n) is 0.270. The van der Waals surface area contributed by atoms with E-state index in [-0.39, 0.29) is 58.2 Å². The van der Waals surface area contributed by atoms with Crippen LogP contribution in [0.4, 0.5) is 0 Å². The van der Waals surface area contributed by atoms with Gasteiger partial charge in [-0.2, -0.15) is 0 Å². The zero-order chi connectivity index (χ0) is 8.31. The van der Waals surface area contributed by atoms with Gasteiger partial charge in [0.05, 0.1) is 0 Å². The average molecular weight is 237 g/mol. The molecule has 0 aromatic rings. The Labute approximate surface area is 111 Å². The van der Waals surface area contributed by atoms with Crippen LogP contribution in [0.5, 0.6) is 0 Å². The van der Waals surface area contributed by atoms with E-state index < -0.39 is 24.1 Å². The van der Waals surface area contributed by atoms with Crippen molar-refractivity contribution in [1.29, 1.82) is 0 Å². The van der Waals surface area contributed by atoms with Crippen molar-refractivity contribution in [1.82, 2.24) is 0 Å². The number of carbonyl (C=O) groups is 2. The van der Waals surface area contributed by atoms with E-state index in [0.717, 1.165) is 0 Å². The Hall–Kier alpha value is 0.665. The Kier molecular flexibility index (Phi) is 8.02. The van der Waals surface area contributed by atoms with Crippen molar-refractivity contribution in [2.24, 2.45) is 0 Å². The number of carboxylic acid groups (broad SMARTS) is 2. The Morgan fingerprint density at radius 2 is 1.09 bits per heavy atom. The van der Waals surface area contributed by atoms with E-state index in [4.69, 9.17) is 20.4 Å². The summed E-state index contributed by atoms with van der Waals surface area (Å²) in [6.45, 7) is 0. The molecule has 0 bridgehead atoms. The van der Waals surface area contributed by atoms with E-state index in [2.05, 4.69) is 0 Å². The van der Waals surface area contributed by atoms with Gasteiger partial charge in [0, 0.05) is 0 Å². The molecule has 60 valence electrons. The minimum absolute atomic E-state index is 0.